The molecule has 2 saturated heterocycles. The Morgan fingerprint density at radius 1 is 1.07 bits per heavy atom. The molecule has 4 rings (SSSR count). The van der Waals surface area contributed by atoms with Crippen LogP contribution in [0.1, 0.15) is 24.0 Å². The number of fused-ring (bicyclic) bond motifs is 1. The fourth-order valence-electron chi connectivity index (χ4n) is 3.86. The van der Waals surface area contributed by atoms with Gasteiger partial charge in [0, 0.05) is 18.2 Å². The molecule has 1 amide bonds. The van der Waals surface area contributed by atoms with E-state index in [2.05, 4.69) is 4.99 Å². The van der Waals surface area contributed by atoms with E-state index in [-0.39, 0.29) is 34.5 Å². The molecule has 2 aromatic rings. The highest BCUT2D eigenvalue weighted by molar-refractivity contribution is 8.15. The second-order valence-corrected chi connectivity index (χ2v) is 11.0. The van der Waals surface area contributed by atoms with E-state index >= 15 is 0 Å². The highest BCUT2D eigenvalue weighted by Crippen LogP contribution is 2.39. The van der Waals surface area contributed by atoms with Crippen LogP contribution in [-0.2, 0) is 27.6 Å². The van der Waals surface area contributed by atoms with Crippen LogP contribution in [0.25, 0.3) is 0 Å². The molecule has 2 fully saturated rings. The number of benzene rings is 2. The molecule has 2 aliphatic rings. The third-order valence-electron chi connectivity index (χ3n) is 5.36. The van der Waals surface area contributed by atoms with E-state index in [4.69, 9.17) is 0 Å². The van der Waals surface area contributed by atoms with Crippen LogP contribution in [0, 0.1) is 5.82 Å². The Labute approximate surface area is 180 Å². The minimum absolute atomic E-state index is 0.0626. The predicted octanol–water partition coefficient (Wildman–Crippen LogP) is 3.45. The van der Waals surface area contributed by atoms with Crippen molar-refractivity contribution in [3.63, 3.8) is 0 Å². The first-order valence-electron chi connectivity index (χ1n) is 9.93. The summed E-state index contributed by atoms with van der Waals surface area (Å²) in [5.74, 6) is -0.352. The topological polar surface area (TPSA) is 66.8 Å². The summed E-state index contributed by atoms with van der Waals surface area (Å²) in [6.45, 7) is 0.403. The molecule has 2 heterocycles. The number of carbonyl (C=O) groups excluding carboxylic acids is 1. The predicted molar refractivity (Wildman–Crippen MR) is 118 cm³/mol. The van der Waals surface area contributed by atoms with Gasteiger partial charge in [-0.25, -0.2) is 12.8 Å². The van der Waals surface area contributed by atoms with Crippen molar-refractivity contribution in [1.29, 1.82) is 0 Å². The lowest BCUT2D eigenvalue weighted by Gasteiger charge is -2.24. The Morgan fingerprint density at radius 3 is 2.53 bits per heavy atom. The van der Waals surface area contributed by atoms with Gasteiger partial charge in [-0.3, -0.25) is 4.79 Å². The molecule has 30 heavy (non-hydrogen) atoms. The minimum atomic E-state index is -3.10. The number of amides is 1. The Balaban J connectivity index is 1.45. The van der Waals surface area contributed by atoms with Gasteiger partial charge < -0.3 is 4.90 Å². The van der Waals surface area contributed by atoms with Crippen LogP contribution >= 0.6 is 11.8 Å². The molecule has 2 aliphatic heterocycles. The second kappa shape index (κ2) is 8.89. The van der Waals surface area contributed by atoms with Crippen LogP contribution in [0.4, 0.5) is 4.39 Å². The Kier molecular flexibility index (Phi) is 6.24. The highest BCUT2D eigenvalue weighted by Gasteiger charge is 2.48. The minimum Gasteiger partial charge on any atom is -0.342 e. The van der Waals surface area contributed by atoms with Crippen molar-refractivity contribution in [3.05, 3.63) is 71.5 Å². The van der Waals surface area contributed by atoms with Crippen molar-refractivity contribution in [1.82, 2.24) is 4.90 Å². The molecule has 0 aliphatic carbocycles. The van der Waals surface area contributed by atoms with Gasteiger partial charge in [0.15, 0.2) is 15.0 Å². The number of hydrogen-bond donors (Lipinski definition) is 0. The smallest absolute Gasteiger partial charge is 0.248 e. The number of aryl methyl sites for hydroxylation is 1. The largest absolute Gasteiger partial charge is 0.342 e. The van der Waals surface area contributed by atoms with Gasteiger partial charge in [0.2, 0.25) is 5.91 Å². The monoisotopic (exact) mass is 446 g/mol. The molecule has 0 radical (unpaired) electrons. The first kappa shape index (κ1) is 21.1. The van der Waals surface area contributed by atoms with E-state index in [1.165, 1.54) is 29.5 Å². The van der Waals surface area contributed by atoms with Gasteiger partial charge >= 0.3 is 0 Å². The van der Waals surface area contributed by atoms with Crippen molar-refractivity contribution in [2.24, 2.45) is 4.99 Å². The average molecular weight is 447 g/mol. The number of rotatable bonds is 6. The van der Waals surface area contributed by atoms with Gasteiger partial charge in [-0.2, -0.15) is 4.99 Å². The lowest BCUT2D eigenvalue weighted by Crippen LogP contribution is -2.37. The van der Waals surface area contributed by atoms with E-state index in [1.54, 1.807) is 12.1 Å². The number of nitrogens with zero attached hydrogens (tertiary/aromatic N) is 2. The molecule has 0 saturated carbocycles. The van der Waals surface area contributed by atoms with Crippen LogP contribution in [-0.4, -0.2) is 47.2 Å². The number of halogens is 1. The lowest BCUT2D eigenvalue weighted by atomic mass is 10.1. The van der Waals surface area contributed by atoms with Crippen molar-refractivity contribution < 1.29 is 17.6 Å². The second-order valence-electron chi connectivity index (χ2n) is 7.68. The number of aliphatic imine (C=N–C) groups is 1. The summed E-state index contributed by atoms with van der Waals surface area (Å²) in [7, 11) is -3.10. The molecule has 0 N–H and O–H groups in total. The fraction of sp³-hybridized carbons (Fsp3) is 0.364. The van der Waals surface area contributed by atoms with Crippen LogP contribution in [0.5, 0.6) is 0 Å². The van der Waals surface area contributed by atoms with E-state index in [0.717, 1.165) is 12.0 Å². The van der Waals surface area contributed by atoms with Gasteiger partial charge in [-0.15, -0.1) is 0 Å². The fourth-order valence-corrected chi connectivity index (χ4v) is 7.83. The summed E-state index contributed by atoms with van der Waals surface area (Å²) in [4.78, 5) is 18.7. The Bertz CT molecular complexity index is 1040. The first-order valence-corrected chi connectivity index (χ1v) is 12.6. The number of hydrogen-bond acceptors (Lipinski definition) is 4. The molecule has 5 nitrogen and oxygen atoms in total. The number of amidine groups is 1. The van der Waals surface area contributed by atoms with Gasteiger partial charge in [-0.05, 0) is 36.1 Å². The molecule has 2 aromatic carbocycles. The summed E-state index contributed by atoms with van der Waals surface area (Å²) in [6.07, 6.45) is 1.87. The summed E-state index contributed by atoms with van der Waals surface area (Å²) in [5, 5.41) is 0.459. The van der Waals surface area contributed by atoms with Crippen molar-refractivity contribution in [3.8, 4) is 0 Å². The van der Waals surface area contributed by atoms with Gasteiger partial charge in [0.05, 0.1) is 17.5 Å². The molecule has 0 unspecified atom stereocenters. The molecular formula is C22H23FN2O3S2. The summed E-state index contributed by atoms with van der Waals surface area (Å²) >= 11 is 1.37. The number of thioether (sulfide) groups is 1. The first-order chi connectivity index (χ1) is 14.4. The lowest BCUT2D eigenvalue weighted by molar-refractivity contribution is -0.117. The quantitative estimate of drug-likeness (QED) is 0.680. The number of carbonyl (C=O) groups is 1. The molecule has 0 bridgehead atoms. The van der Waals surface area contributed by atoms with Crippen LogP contribution < -0.4 is 0 Å². The van der Waals surface area contributed by atoms with E-state index < -0.39 is 9.84 Å². The molecule has 8 heteroatoms. The van der Waals surface area contributed by atoms with Gasteiger partial charge in [0.1, 0.15) is 5.82 Å². The molecule has 0 aromatic heterocycles. The Morgan fingerprint density at radius 2 is 1.80 bits per heavy atom. The van der Waals surface area contributed by atoms with E-state index in [0.29, 0.717) is 24.6 Å². The zero-order valence-corrected chi connectivity index (χ0v) is 18.0. The molecule has 158 valence electrons. The van der Waals surface area contributed by atoms with Gasteiger partial charge in [-0.1, -0.05) is 54.2 Å². The van der Waals surface area contributed by atoms with Crippen molar-refractivity contribution in [2.75, 3.05) is 11.5 Å². The third kappa shape index (κ3) is 5.10. The van der Waals surface area contributed by atoms with Crippen molar-refractivity contribution in [2.45, 2.75) is 37.1 Å². The molecule has 2 atom stereocenters. The highest BCUT2D eigenvalue weighted by atomic mass is 32.2. The summed E-state index contributed by atoms with van der Waals surface area (Å²) < 4.78 is 37.4. The summed E-state index contributed by atoms with van der Waals surface area (Å²) in [6, 6.07) is 15.9. The maximum Gasteiger partial charge on any atom is 0.248 e. The SMILES string of the molecule is O=C(CCCc1ccccc1)N=C1S[C@@H]2CS(=O)(=O)C[C@H]2N1Cc1ccc(F)cc1. The zero-order chi connectivity index (χ0) is 21.1. The maximum atomic E-state index is 13.2. The third-order valence-corrected chi connectivity index (χ3v) is 8.61. The molecule has 0 spiro atoms. The van der Waals surface area contributed by atoms with Crippen molar-refractivity contribution >= 4 is 32.7 Å². The normalized spacial score (nSPS) is 23.6. The average Bonchev–Trinajstić information content (AvgIpc) is 3.16. The zero-order valence-electron chi connectivity index (χ0n) is 16.4. The number of sulfone groups is 1. The standard InChI is InChI=1S/C22H23FN2O3S2/c23-18-11-9-17(10-12-18)13-25-19-14-30(27,28)15-20(19)29-22(25)24-21(26)8-4-7-16-5-2-1-3-6-16/h1-3,5-6,9-12,19-20H,4,7-8,13-15H2/t19-,20-/m1/s1. The van der Waals surface area contributed by atoms with Crippen LogP contribution in [0.15, 0.2) is 59.6 Å². The van der Waals surface area contributed by atoms with Crippen LogP contribution in [0.3, 0.4) is 0 Å². The Hall–Kier alpha value is -2.19. The van der Waals surface area contributed by atoms with E-state index in [9.17, 15) is 17.6 Å². The van der Waals surface area contributed by atoms with Gasteiger partial charge in [0.25, 0.3) is 0 Å². The maximum absolute atomic E-state index is 13.2. The molecular weight excluding hydrogens is 423 g/mol. The summed E-state index contributed by atoms with van der Waals surface area (Å²) in [5.41, 5.74) is 2.04. The van der Waals surface area contributed by atoms with Crippen LogP contribution in [0.2, 0.25) is 0 Å². The van der Waals surface area contributed by atoms with E-state index in [1.807, 2.05) is 35.2 Å².